The van der Waals surface area contributed by atoms with Crippen LogP contribution < -0.4 is 20.5 Å². The Hall–Kier alpha value is -3.38. The summed E-state index contributed by atoms with van der Waals surface area (Å²) in [7, 11) is 1.60. The molecule has 0 saturated heterocycles. The van der Waals surface area contributed by atoms with Gasteiger partial charge in [-0.1, -0.05) is 35.9 Å². The predicted octanol–water partition coefficient (Wildman–Crippen LogP) is 3.62. The number of primary amides is 1. The van der Waals surface area contributed by atoms with Gasteiger partial charge in [-0.2, -0.15) is 0 Å². The number of hydrogen-bond acceptors (Lipinski definition) is 5. The topological polar surface area (TPSA) is 86.5 Å². The molecule has 0 spiro atoms. The first-order chi connectivity index (χ1) is 14.0. The van der Waals surface area contributed by atoms with E-state index in [0.717, 1.165) is 25.1 Å². The summed E-state index contributed by atoms with van der Waals surface area (Å²) >= 11 is 0. The van der Waals surface area contributed by atoms with Crippen LogP contribution in [0.3, 0.4) is 0 Å². The summed E-state index contributed by atoms with van der Waals surface area (Å²) in [6.07, 6.45) is 2.36. The highest BCUT2D eigenvalue weighted by Gasteiger charge is 2.09. The molecule has 1 aromatic heterocycles. The molecule has 150 valence electrons. The number of benzene rings is 2. The van der Waals surface area contributed by atoms with Crippen LogP contribution in [0.5, 0.6) is 17.4 Å². The van der Waals surface area contributed by atoms with Crippen molar-refractivity contribution in [1.29, 1.82) is 0 Å². The molecule has 0 bridgehead atoms. The number of pyridine rings is 1. The van der Waals surface area contributed by atoms with Crippen molar-refractivity contribution in [2.75, 3.05) is 13.7 Å². The number of carbonyl (C=O) groups is 1. The lowest BCUT2D eigenvalue weighted by Gasteiger charge is -2.12. The second-order valence-electron chi connectivity index (χ2n) is 6.75. The summed E-state index contributed by atoms with van der Waals surface area (Å²) in [5.41, 5.74) is 9.25. The van der Waals surface area contributed by atoms with E-state index >= 15 is 0 Å². The minimum absolute atomic E-state index is 0.330. The van der Waals surface area contributed by atoms with E-state index in [9.17, 15) is 4.79 Å². The number of hydrogen-bond donors (Lipinski definition) is 2. The summed E-state index contributed by atoms with van der Waals surface area (Å²) in [6.45, 7) is 3.72. The van der Waals surface area contributed by atoms with Gasteiger partial charge in [0.15, 0.2) is 11.5 Å². The van der Waals surface area contributed by atoms with Crippen LogP contribution in [0.2, 0.25) is 0 Å². The summed E-state index contributed by atoms with van der Waals surface area (Å²) in [5.74, 6) is 0.998. The normalized spacial score (nSPS) is 10.6. The van der Waals surface area contributed by atoms with Crippen LogP contribution in [-0.4, -0.2) is 24.5 Å². The van der Waals surface area contributed by atoms with Gasteiger partial charge in [-0.25, -0.2) is 4.98 Å². The Balaban J connectivity index is 1.57. The van der Waals surface area contributed by atoms with E-state index in [2.05, 4.69) is 41.5 Å². The van der Waals surface area contributed by atoms with E-state index in [1.807, 2.05) is 18.2 Å². The highest BCUT2D eigenvalue weighted by atomic mass is 16.5. The van der Waals surface area contributed by atoms with E-state index in [4.69, 9.17) is 15.2 Å². The van der Waals surface area contributed by atoms with Gasteiger partial charge in [0, 0.05) is 18.8 Å². The number of nitrogens with one attached hydrogen (secondary N) is 1. The van der Waals surface area contributed by atoms with Crippen LogP contribution in [0.15, 0.2) is 60.8 Å². The highest BCUT2D eigenvalue weighted by Crippen LogP contribution is 2.31. The van der Waals surface area contributed by atoms with Crippen molar-refractivity contribution in [2.24, 2.45) is 5.73 Å². The van der Waals surface area contributed by atoms with Gasteiger partial charge in [0.05, 0.1) is 12.7 Å². The molecule has 6 heteroatoms. The van der Waals surface area contributed by atoms with E-state index < -0.39 is 5.91 Å². The summed E-state index contributed by atoms with van der Waals surface area (Å²) in [4.78, 5) is 15.2. The van der Waals surface area contributed by atoms with Crippen LogP contribution in [0.1, 0.15) is 27.0 Å². The number of aromatic nitrogens is 1. The number of carbonyl (C=O) groups excluding carboxylic acids is 1. The minimum Gasteiger partial charge on any atom is -0.493 e. The smallest absolute Gasteiger partial charge is 0.250 e. The monoisotopic (exact) mass is 391 g/mol. The number of aryl methyl sites for hydroxylation is 1. The van der Waals surface area contributed by atoms with Crippen LogP contribution in [0, 0.1) is 6.92 Å². The molecule has 3 rings (SSSR count). The molecule has 0 aliphatic rings. The lowest BCUT2D eigenvalue weighted by atomic mass is 10.1. The third-order valence-electron chi connectivity index (χ3n) is 4.47. The molecule has 0 aliphatic carbocycles. The Morgan fingerprint density at radius 3 is 2.62 bits per heavy atom. The first-order valence-corrected chi connectivity index (χ1v) is 9.42. The van der Waals surface area contributed by atoms with E-state index in [1.54, 1.807) is 19.2 Å². The van der Waals surface area contributed by atoms with E-state index in [-0.39, 0.29) is 0 Å². The Kier molecular flexibility index (Phi) is 6.81. The van der Waals surface area contributed by atoms with Gasteiger partial charge in [-0.15, -0.1) is 0 Å². The maximum atomic E-state index is 11.1. The van der Waals surface area contributed by atoms with Gasteiger partial charge < -0.3 is 20.5 Å². The van der Waals surface area contributed by atoms with Gasteiger partial charge in [0.2, 0.25) is 11.8 Å². The van der Waals surface area contributed by atoms with Gasteiger partial charge in [0.1, 0.15) is 0 Å². The molecule has 0 fully saturated rings. The quantitative estimate of drug-likeness (QED) is 0.544. The summed E-state index contributed by atoms with van der Waals surface area (Å²) in [6, 6.07) is 17.5. The number of ether oxygens (including phenoxy) is 2. The zero-order chi connectivity index (χ0) is 20.6. The average Bonchev–Trinajstić information content (AvgIpc) is 2.72. The highest BCUT2D eigenvalue weighted by molar-refractivity contribution is 5.92. The van der Waals surface area contributed by atoms with E-state index in [1.165, 1.54) is 17.3 Å². The second-order valence-corrected chi connectivity index (χ2v) is 6.75. The van der Waals surface area contributed by atoms with Crippen molar-refractivity contribution in [3.63, 3.8) is 0 Å². The van der Waals surface area contributed by atoms with Crippen molar-refractivity contribution in [3.05, 3.63) is 83.0 Å². The molecule has 2 aromatic carbocycles. The fourth-order valence-electron chi connectivity index (χ4n) is 2.94. The Bertz CT molecular complexity index is 971. The zero-order valence-electron chi connectivity index (χ0n) is 16.6. The van der Waals surface area contributed by atoms with Crippen molar-refractivity contribution >= 4 is 5.91 Å². The van der Waals surface area contributed by atoms with Crippen LogP contribution >= 0.6 is 0 Å². The molecule has 3 aromatic rings. The lowest BCUT2D eigenvalue weighted by molar-refractivity contribution is 0.1000. The molecule has 0 saturated carbocycles. The van der Waals surface area contributed by atoms with Crippen LogP contribution in [0.25, 0.3) is 0 Å². The zero-order valence-corrected chi connectivity index (χ0v) is 16.6. The van der Waals surface area contributed by atoms with Gasteiger partial charge in [0.25, 0.3) is 0 Å². The predicted molar refractivity (Wildman–Crippen MR) is 112 cm³/mol. The summed E-state index contributed by atoms with van der Waals surface area (Å²) < 4.78 is 11.2. The Morgan fingerprint density at radius 2 is 1.93 bits per heavy atom. The summed E-state index contributed by atoms with van der Waals surface area (Å²) in [5, 5.41) is 3.45. The third-order valence-corrected chi connectivity index (χ3v) is 4.47. The lowest BCUT2D eigenvalue weighted by Crippen LogP contribution is -2.16. The van der Waals surface area contributed by atoms with Gasteiger partial charge >= 0.3 is 0 Å². The first-order valence-electron chi connectivity index (χ1n) is 9.42. The average molecular weight is 391 g/mol. The van der Waals surface area contributed by atoms with Crippen molar-refractivity contribution < 1.29 is 14.3 Å². The van der Waals surface area contributed by atoms with Crippen LogP contribution in [0.4, 0.5) is 0 Å². The molecule has 0 aliphatic heterocycles. The fraction of sp³-hybridized carbons (Fsp3) is 0.217. The number of methoxy groups -OCH3 is 1. The molecule has 3 N–H and O–H groups in total. The molecule has 0 radical (unpaired) electrons. The number of nitrogens with zero attached hydrogens (tertiary/aromatic N) is 1. The Morgan fingerprint density at radius 1 is 1.07 bits per heavy atom. The molecular formula is C23H25N3O3. The first kappa shape index (κ1) is 20.4. The number of nitrogens with two attached hydrogens (primary N) is 1. The molecule has 29 heavy (non-hydrogen) atoms. The Labute approximate surface area is 170 Å². The number of amides is 1. The van der Waals surface area contributed by atoms with Crippen molar-refractivity contribution in [1.82, 2.24) is 10.3 Å². The van der Waals surface area contributed by atoms with Crippen molar-refractivity contribution in [2.45, 2.75) is 19.9 Å². The van der Waals surface area contributed by atoms with Gasteiger partial charge in [-0.3, -0.25) is 4.79 Å². The third kappa shape index (κ3) is 5.80. The minimum atomic E-state index is -0.527. The van der Waals surface area contributed by atoms with Gasteiger partial charge in [-0.05, 0) is 49.2 Å². The fourth-order valence-corrected chi connectivity index (χ4v) is 2.94. The number of rotatable bonds is 9. The molecule has 1 amide bonds. The maximum Gasteiger partial charge on any atom is 0.250 e. The molecule has 0 unspecified atom stereocenters. The standard InChI is InChI=1S/C23H25N3O3/c1-16-4-3-5-17(12-16)10-11-25-14-18-6-8-20(21(13-18)28-2)29-22-9-7-19(15-26-22)23(24)27/h3-9,12-13,15,25H,10-11,14H2,1-2H3,(H2,24,27). The van der Waals surface area contributed by atoms with E-state index in [0.29, 0.717) is 22.9 Å². The van der Waals surface area contributed by atoms with Crippen LogP contribution in [-0.2, 0) is 13.0 Å². The maximum absolute atomic E-state index is 11.1. The second kappa shape index (κ2) is 9.71. The molecule has 1 heterocycles. The molecule has 0 atom stereocenters. The van der Waals surface area contributed by atoms with Crippen molar-refractivity contribution in [3.8, 4) is 17.4 Å². The molecule has 6 nitrogen and oxygen atoms in total. The molecular weight excluding hydrogens is 366 g/mol. The largest absolute Gasteiger partial charge is 0.493 e. The SMILES string of the molecule is COc1cc(CNCCc2cccc(C)c2)ccc1Oc1ccc(C(N)=O)cn1.